The predicted octanol–water partition coefficient (Wildman–Crippen LogP) is 1.96. The maximum atomic E-state index is 11.4. The fourth-order valence-electron chi connectivity index (χ4n) is 1.29. The third-order valence-electron chi connectivity index (χ3n) is 2.44. The van der Waals surface area contributed by atoms with Gasteiger partial charge in [-0.05, 0) is 38.1 Å². The number of esters is 1. The molecule has 0 fully saturated rings. The van der Waals surface area contributed by atoms with Crippen LogP contribution in [-0.4, -0.2) is 30.8 Å². The van der Waals surface area contributed by atoms with Gasteiger partial charge in [-0.3, -0.25) is 4.79 Å². The molecule has 98 valence electrons. The monoisotopic (exact) mass is 252 g/mol. The topological polar surface area (TPSA) is 72.8 Å². The minimum Gasteiger partial charge on any atom is -0.492 e. The van der Waals surface area contributed by atoms with Crippen molar-refractivity contribution in [2.45, 2.75) is 13.8 Å². The van der Waals surface area contributed by atoms with Crippen LogP contribution in [0.25, 0.3) is 0 Å². The minimum absolute atomic E-state index is 0.159. The highest BCUT2D eigenvalue weighted by Crippen LogP contribution is 2.20. The van der Waals surface area contributed by atoms with E-state index in [0.29, 0.717) is 5.75 Å². The first-order chi connectivity index (χ1) is 8.36. The van der Waals surface area contributed by atoms with Gasteiger partial charge >= 0.3 is 11.9 Å². The van der Waals surface area contributed by atoms with Crippen molar-refractivity contribution in [3.8, 4) is 5.75 Å². The van der Waals surface area contributed by atoms with E-state index in [2.05, 4.69) is 4.74 Å². The van der Waals surface area contributed by atoms with Crippen LogP contribution in [0.5, 0.6) is 5.75 Å². The third kappa shape index (κ3) is 3.48. The second-order valence-electron chi connectivity index (χ2n) is 4.49. The van der Waals surface area contributed by atoms with Gasteiger partial charge in [0.2, 0.25) is 0 Å². The number of rotatable bonds is 5. The van der Waals surface area contributed by atoms with Gasteiger partial charge in [0.1, 0.15) is 12.4 Å². The van der Waals surface area contributed by atoms with Crippen LogP contribution < -0.4 is 4.74 Å². The summed E-state index contributed by atoms with van der Waals surface area (Å²) in [7, 11) is 1.33. The summed E-state index contributed by atoms with van der Waals surface area (Å²) < 4.78 is 10.1. The summed E-state index contributed by atoms with van der Waals surface area (Å²) in [5.41, 5.74) is -0.560. The van der Waals surface area contributed by atoms with E-state index in [0.717, 1.165) is 0 Å². The lowest BCUT2D eigenvalue weighted by Gasteiger charge is -2.21. The van der Waals surface area contributed by atoms with E-state index in [4.69, 9.17) is 9.84 Å². The van der Waals surface area contributed by atoms with Crippen molar-refractivity contribution in [2.75, 3.05) is 13.7 Å². The van der Waals surface area contributed by atoms with Gasteiger partial charge in [0.15, 0.2) is 0 Å². The molecule has 0 aliphatic rings. The van der Waals surface area contributed by atoms with Gasteiger partial charge in [-0.2, -0.15) is 0 Å². The molecule has 0 aromatic heterocycles. The fourth-order valence-corrected chi connectivity index (χ4v) is 1.29. The zero-order valence-corrected chi connectivity index (χ0v) is 10.6. The molecule has 0 amide bonds. The number of hydrogen-bond donors (Lipinski definition) is 1. The molecule has 0 aliphatic carbocycles. The van der Waals surface area contributed by atoms with Gasteiger partial charge < -0.3 is 14.6 Å². The van der Waals surface area contributed by atoms with Crippen LogP contribution >= 0.6 is 0 Å². The summed E-state index contributed by atoms with van der Waals surface area (Å²) in [5.74, 6) is -0.835. The Morgan fingerprint density at radius 2 is 1.78 bits per heavy atom. The maximum absolute atomic E-state index is 11.4. The summed E-state index contributed by atoms with van der Waals surface area (Å²) in [5, 5.41) is 8.74. The fraction of sp³-hybridized carbons (Fsp3) is 0.385. The molecule has 0 radical (unpaired) electrons. The van der Waals surface area contributed by atoms with E-state index in [9.17, 15) is 9.59 Å². The van der Waals surface area contributed by atoms with E-state index in [-0.39, 0.29) is 18.1 Å². The van der Waals surface area contributed by atoms with Crippen LogP contribution in [0, 0.1) is 5.41 Å². The number of ether oxygens (including phenoxy) is 2. The zero-order chi connectivity index (χ0) is 13.8. The molecular weight excluding hydrogens is 236 g/mol. The van der Waals surface area contributed by atoms with E-state index in [1.165, 1.54) is 19.2 Å². The molecule has 0 saturated heterocycles. The lowest BCUT2D eigenvalue weighted by atomic mass is 9.95. The van der Waals surface area contributed by atoms with Gasteiger partial charge in [-0.15, -0.1) is 0 Å². The van der Waals surface area contributed by atoms with Crippen LogP contribution in [0.15, 0.2) is 24.3 Å². The number of aromatic carboxylic acids is 1. The maximum Gasteiger partial charge on any atom is 0.335 e. The van der Waals surface area contributed by atoms with Gasteiger partial charge in [0.05, 0.1) is 18.1 Å². The van der Waals surface area contributed by atoms with Crippen LogP contribution in [0.2, 0.25) is 0 Å². The number of methoxy groups -OCH3 is 1. The Balaban J connectivity index is 2.64. The second kappa shape index (κ2) is 5.53. The first-order valence-electron chi connectivity index (χ1n) is 5.41. The number of carboxylic acids is 1. The molecule has 0 aliphatic heterocycles. The molecule has 0 spiro atoms. The van der Waals surface area contributed by atoms with Crippen molar-refractivity contribution in [1.82, 2.24) is 0 Å². The molecule has 0 bridgehead atoms. The van der Waals surface area contributed by atoms with Gasteiger partial charge in [0, 0.05) is 0 Å². The van der Waals surface area contributed by atoms with Crippen molar-refractivity contribution in [3.05, 3.63) is 29.8 Å². The number of benzene rings is 1. The molecule has 5 heteroatoms. The highest BCUT2D eigenvalue weighted by Gasteiger charge is 2.29. The smallest absolute Gasteiger partial charge is 0.335 e. The highest BCUT2D eigenvalue weighted by molar-refractivity contribution is 5.87. The van der Waals surface area contributed by atoms with Crippen LogP contribution in [0.4, 0.5) is 0 Å². The average Bonchev–Trinajstić information content (AvgIpc) is 2.35. The molecule has 0 saturated carbocycles. The Labute approximate surface area is 105 Å². The molecule has 1 N–H and O–H groups in total. The summed E-state index contributed by atoms with van der Waals surface area (Å²) in [4.78, 5) is 22.1. The quantitative estimate of drug-likeness (QED) is 0.811. The third-order valence-corrected chi connectivity index (χ3v) is 2.44. The molecule has 5 nitrogen and oxygen atoms in total. The Morgan fingerprint density at radius 3 is 2.22 bits per heavy atom. The SMILES string of the molecule is COC(=O)C(C)(C)COc1ccc(C(=O)O)cc1. The first kappa shape index (κ1) is 14.0. The highest BCUT2D eigenvalue weighted by atomic mass is 16.5. The number of carbonyl (C=O) groups is 2. The largest absolute Gasteiger partial charge is 0.492 e. The Hall–Kier alpha value is -2.04. The van der Waals surface area contributed by atoms with Gasteiger partial charge in [-0.25, -0.2) is 4.79 Å². The number of carboxylic acid groups (broad SMARTS) is 1. The number of hydrogen-bond acceptors (Lipinski definition) is 4. The molecule has 0 atom stereocenters. The van der Waals surface area contributed by atoms with Gasteiger partial charge in [0.25, 0.3) is 0 Å². The molecule has 1 rings (SSSR count). The normalized spacial score (nSPS) is 10.8. The van der Waals surface area contributed by atoms with E-state index in [1.807, 2.05) is 0 Å². The van der Waals surface area contributed by atoms with Crippen molar-refractivity contribution in [1.29, 1.82) is 0 Å². The van der Waals surface area contributed by atoms with Crippen molar-refractivity contribution in [3.63, 3.8) is 0 Å². The average molecular weight is 252 g/mol. The Kier molecular flexibility index (Phi) is 4.31. The standard InChI is InChI=1S/C13H16O5/c1-13(2,12(16)17-3)8-18-10-6-4-9(5-7-10)11(14)15/h4-7H,8H2,1-3H3,(H,14,15). The lowest BCUT2D eigenvalue weighted by Crippen LogP contribution is -2.32. The van der Waals surface area contributed by atoms with Crippen molar-refractivity contribution in [2.24, 2.45) is 5.41 Å². The van der Waals surface area contributed by atoms with Crippen molar-refractivity contribution >= 4 is 11.9 Å². The summed E-state index contributed by atoms with van der Waals surface area (Å²) in [6.45, 7) is 3.58. The molecular formula is C13H16O5. The predicted molar refractivity (Wildman–Crippen MR) is 64.7 cm³/mol. The zero-order valence-electron chi connectivity index (χ0n) is 10.6. The Morgan fingerprint density at radius 1 is 1.22 bits per heavy atom. The summed E-state index contributed by atoms with van der Waals surface area (Å²) >= 11 is 0. The first-order valence-corrected chi connectivity index (χ1v) is 5.41. The summed E-state index contributed by atoms with van der Waals surface area (Å²) in [6.07, 6.45) is 0. The number of carbonyl (C=O) groups excluding carboxylic acids is 1. The molecule has 1 aromatic carbocycles. The summed E-state index contributed by atoms with van der Waals surface area (Å²) in [6, 6.07) is 6.00. The van der Waals surface area contributed by atoms with E-state index < -0.39 is 11.4 Å². The molecule has 18 heavy (non-hydrogen) atoms. The van der Waals surface area contributed by atoms with Gasteiger partial charge in [-0.1, -0.05) is 0 Å². The van der Waals surface area contributed by atoms with Crippen LogP contribution in [-0.2, 0) is 9.53 Å². The molecule has 0 unspecified atom stereocenters. The van der Waals surface area contributed by atoms with Crippen LogP contribution in [0.3, 0.4) is 0 Å². The minimum atomic E-state index is -0.989. The lowest BCUT2D eigenvalue weighted by molar-refractivity contribution is -0.152. The van der Waals surface area contributed by atoms with E-state index >= 15 is 0 Å². The van der Waals surface area contributed by atoms with Crippen LogP contribution in [0.1, 0.15) is 24.2 Å². The Bertz CT molecular complexity index is 433. The van der Waals surface area contributed by atoms with E-state index in [1.54, 1.807) is 26.0 Å². The van der Waals surface area contributed by atoms with Crippen molar-refractivity contribution < 1.29 is 24.2 Å². The molecule has 1 aromatic rings. The molecule has 0 heterocycles. The second-order valence-corrected chi connectivity index (χ2v) is 4.49.